The maximum absolute atomic E-state index is 12.4. The van der Waals surface area contributed by atoms with Gasteiger partial charge in [-0.25, -0.2) is 0 Å². The fraction of sp³-hybridized carbons (Fsp3) is 0.667. The van der Waals surface area contributed by atoms with Gasteiger partial charge in [-0.3, -0.25) is 0 Å². The van der Waals surface area contributed by atoms with Gasteiger partial charge in [0, 0.05) is 0 Å². The van der Waals surface area contributed by atoms with Crippen molar-refractivity contribution < 1.29 is 42.1 Å². The van der Waals surface area contributed by atoms with E-state index in [-0.39, 0.29) is 19.3 Å². The predicted octanol–water partition coefficient (Wildman–Crippen LogP) is 5.14. The molecule has 0 bridgehead atoms. The van der Waals surface area contributed by atoms with Gasteiger partial charge in [0.15, 0.2) is 0 Å². The van der Waals surface area contributed by atoms with Gasteiger partial charge in [0.25, 0.3) is 0 Å². The number of carbonyl (C=O) groups excluding carboxylic acids is 3. The summed E-state index contributed by atoms with van der Waals surface area (Å²) in [4.78, 5) is 37.3. The molecule has 0 aromatic rings. The van der Waals surface area contributed by atoms with Crippen molar-refractivity contribution in [3.05, 3.63) is 22.3 Å². The first-order valence-electron chi connectivity index (χ1n) is 10.2. The van der Waals surface area contributed by atoms with Crippen molar-refractivity contribution in [1.82, 2.24) is 0 Å². The molecule has 28 heavy (non-hydrogen) atoms. The number of allylic oxidation sites excluding steroid dienone is 4. The molecule has 0 amide bonds. The molecule has 0 aromatic heterocycles. The fourth-order valence-electron chi connectivity index (χ4n) is 4.15. The molecule has 6 nitrogen and oxygen atoms in total. The Balaban J connectivity index is 2.73. The van der Waals surface area contributed by atoms with Crippen LogP contribution in [0, 0.1) is 0 Å². The van der Waals surface area contributed by atoms with Gasteiger partial charge in [-0.15, -0.1) is 0 Å². The zero-order valence-corrected chi connectivity index (χ0v) is 19.5. The molecule has 2 rings (SSSR count). The molecular weight excluding hydrogens is 396 g/mol. The number of hydrogen-bond acceptors (Lipinski definition) is 6. The molecule has 0 fully saturated rings. The van der Waals surface area contributed by atoms with E-state index in [2.05, 4.69) is 6.92 Å². The van der Waals surface area contributed by atoms with Crippen molar-refractivity contribution in [3.8, 4) is 0 Å². The normalized spacial score (nSPS) is 22.1. The molecule has 0 spiro atoms. The number of carbonyl (C=O) groups is 3. The first-order chi connectivity index (χ1) is 13.2. The van der Waals surface area contributed by atoms with Crippen molar-refractivity contribution in [3.63, 3.8) is 0 Å². The van der Waals surface area contributed by atoms with E-state index < -0.39 is 39.4 Å². The van der Waals surface area contributed by atoms with Crippen LogP contribution in [0.1, 0.15) is 86.5 Å². The van der Waals surface area contributed by atoms with Crippen LogP contribution >= 0.6 is 0 Å². The van der Waals surface area contributed by atoms with Gasteiger partial charge < -0.3 is 0 Å². The van der Waals surface area contributed by atoms with Crippen molar-refractivity contribution in [2.75, 3.05) is 0 Å². The van der Waals surface area contributed by atoms with E-state index in [0.29, 0.717) is 0 Å². The first-order valence-corrected chi connectivity index (χ1v) is 12.9. The van der Waals surface area contributed by atoms with Crippen molar-refractivity contribution >= 4 is 17.9 Å². The molecule has 156 valence electrons. The van der Waals surface area contributed by atoms with E-state index in [9.17, 15) is 14.4 Å². The Morgan fingerprint density at radius 2 is 1.29 bits per heavy atom. The minimum atomic E-state index is -4.81. The SMILES string of the molecule is CCC(=O)[O][Ti]([O]C(=O)CC)([O]C(=O)CC)[C]1(C)C(C)=C(C)C2=C1CCCC2. The van der Waals surface area contributed by atoms with Gasteiger partial charge in [0.2, 0.25) is 0 Å². The fourth-order valence-corrected chi connectivity index (χ4v) is 9.40. The summed E-state index contributed by atoms with van der Waals surface area (Å²) in [6, 6.07) is 0. The third kappa shape index (κ3) is 3.86. The molecule has 0 heterocycles. The zero-order valence-electron chi connectivity index (χ0n) is 17.9. The van der Waals surface area contributed by atoms with Gasteiger partial charge in [-0.05, 0) is 0 Å². The summed E-state index contributed by atoms with van der Waals surface area (Å²) < 4.78 is 16.8. The van der Waals surface area contributed by atoms with Gasteiger partial charge in [0.05, 0.1) is 0 Å². The Morgan fingerprint density at radius 3 is 1.71 bits per heavy atom. The van der Waals surface area contributed by atoms with Crippen LogP contribution in [0.15, 0.2) is 22.3 Å². The van der Waals surface area contributed by atoms with Crippen molar-refractivity contribution in [1.29, 1.82) is 0 Å². The van der Waals surface area contributed by atoms with Gasteiger partial charge in [-0.1, -0.05) is 0 Å². The molecule has 0 saturated heterocycles. The van der Waals surface area contributed by atoms with Crippen LogP contribution in [0.3, 0.4) is 0 Å². The summed E-state index contributed by atoms with van der Waals surface area (Å²) in [7, 11) is 0. The summed E-state index contributed by atoms with van der Waals surface area (Å²) in [6.45, 7) is 11.0. The molecule has 0 radical (unpaired) electrons. The summed E-state index contributed by atoms with van der Waals surface area (Å²) in [5, 5.41) is 0. The number of hydrogen-bond donors (Lipinski definition) is 0. The average Bonchev–Trinajstić information content (AvgIpc) is 2.90. The molecule has 1 atom stereocenters. The monoisotopic (exact) mass is 428 g/mol. The topological polar surface area (TPSA) is 78.9 Å². The zero-order chi connectivity index (χ0) is 21.1. The van der Waals surface area contributed by atoms with Crippen LogP contribution in [0.5, 0.6) is 0 Å². The van der Waals surface area contributed by atoms with Crippen molar-refractivity contribution in [2.45, 2.75) is 90.2 Å². The van der Waals surface area contributed by atoms with Crippen molar-refractivity contribution in [2.24, 2.45) is 0 Å². The van der Waals surface area contributed by atoms with E-state index in [1.807, 2.05) is 13.8 Å². The third-order valence-corrected chi connectivity index (χ3v) is 11.4. The molecular formula is C21H32O6Ti. The molecule has 0 aromatic carbocycles. The van der Waals surface area contributed by atoms with E-state index in [1.54, 1.807) is 20.8 Å². The van der Waals surface area contributed by atoms with E-state index in [4.69, 9.17) is 9.96 Å². The summed E-state index contributed by atoms with van der Waals surface area (Å²) in [5.41, 5.74) is 4.48. The Hall–Kier alpha value is -1.40. The van der Waals surface area contributed by atoms with Crippen LogP contribution in [-0.2, 0) is 42.1 Å². The standard InChI is InChI=1S/C12H17.3C3H6O2.Ti/c1-8-9(2)11-6-4-5-7-12(11)10(8)3;3*1-2-3(4)5;/h4-7H2,1-3H3;3*2H2,1H3,(H,4,5);/q;;;;+3/p-3. The van der Waals surface area contributed by atoms with Crippen LogP contribution in [0.25, 0.3) is 0 Å². The van der Waals surface area contributed by atoms with Crippen LogP contribution in [0.4, 0.5) is 0 Å². The predicted molar refractivity (Wildman–Crippen MR) is 101 cm³/mol. The Kier molecular flexibility index (Phi) is 7.32. The second-order valence-electron chi connectivity index (χ2n) is 7.58. The summed E-state index contributed by atoms with van der Waals surface area (Å²) in [6.07, 6.45) is 4.22. The maximum atomic E-state index is 12.4. The molecule has 2 aliphatic rings. The van der Waals surface area contributed by atoms with Crippen LogP contribution in [-0.4, -0.2) is 17.9 Å². The average molecular weight is 428 g/mol. The van der Waals surface area contributed by atoms with E-state index in [1.165, 1.54) is 5.57 Å². The molecule has 0 aliphatic heterocycles. The number of rotatable bonds is 7. The van der Waals surface area contributed by atoms with E-state index >= 15 is 0 Å². The van der Waals surface area contributed by atoms with Gasteiger partial charge in [-0.2, -0.15) is 0 Å². The van der Waals surface area contributed by atoms with E-state index in [0.717, 1.165) is 42.4 Å². The molecule has 1 unspecified atom stereocenters. The molecule has 7 heteroatoms. The summed E-state index contributed by atoms with van der Waals surface area (Å²) in [5.74, 6) is -1.53. The quantitative estimate of drug-likeness (QED) is 0.522. The molecule has 0 N–H and O–H groups in total. The van der Waals surface area contributed by atoms with Crippen LogP contribution in [0.2, 0.25) is 3.72 Å². The first kappa shape index (κ1) is 22.9. The summed E-state index contributed by atoms with van der Waals surface area (Å²) >= 11 is -4.81. The van der Waals surface area contributed by atoms with Gasteiger partial charge >= 0.3 is 173 Å². The molecule has 2 aliphatic carbocycles. The van der Waals surface area contributed by atoms with Crippen LogP contribution < -0.4 is 0 Å². The Morgan fingerprint density at radius 1 is 0.857 bits per heavy atom. The Labute approximate surface area is 172 Å². The second-order valence-corrected chi connectivity index (χ2v) is 11.8. The molecule has 0 saturated carbocycles. The van der Waals surface area contributed by atoms with Gasteiger partial charge in [0.1, 0.15) is 0 Å². The Bertz CT molecular complexity index is 690. The second kappa shape index (κ2) is 8.95. The minimum absolute atomic E-state index is 0.115. The third-order valence-electron chi connectivity index (χ3n) is 6.06.